The molecule has 2 nitrogen and oxygen atoms in total. The fourth-order valence-corrected chi connectivity index (χ4v) is 7.00. The largest absolute Gasteiger partial charge is 0.393 e. The van der Waals surface area contributed by atoms with Crippen LogP contribution in [0.3, 0.4) is 0 Å². The van der Waals surface area contributed by atoms with Gasteiger partial charge in [0.2, 0.25) is 0 Å². The van der Waals surface area contributed by atoms with Crippen LogP contribution < -0.4 is 0 Å². The highest BCUT2D eigenvalue weighted by molar-refractivity contribution is 5.30. The highest BCUT2D eigenvalue weighted by Gasteiger charge is 2.57. The van der Waals surface area contributed by atoms with E-state index in [0.29, 0.717) is 17.8 Å². The Labute approximate surface area is 144 Å². The van der Waals surface area contributed by atoms with Crippen molar-refractivity contribution < 1.29 is 14.6 Å². The summed E-state index contributed by atoms with van der Waals surface area (Å²) >= 11 is 0. The lowest BCUT2D eigenvalue weighted by Gasteiger charge is -2.57. The highest BCUT2D eigenvalue weighted by Crippen LogP contribution is 2.66. The molecule has 0 aromatic carbocycles. The van der Waals surface area contributed by atoms with Crippen LogP contribution in [-0.4, -0.2) is 22.9 Å². The molecule has 4 rings (SSSR count). The summed E-state index contributed by atoms with van der Waals surface area (Å²) in [5, 5.41) is 19.3. The zero-order valence-corrected chi connectivity index (χ0v) is 15.0. The van der Waals surface area contributed by atoms with Crippen molar-refractivity contribution in [2.24, 2.45) is 28.6 Å². The van der Waals surface area contributed by atoms with Gasteiger partial charge in [0.15, 0.2) is 0 Å². The predicted molar refractivity (Wildman–Crippen MR) is 92.9 cm³/mol. The molecule has 24 heavy (non-hydrogen) atoms. The van der Waals surface area contributed by atoms with E-state index < -0.39 is 6.61 Å². The average Bonchev–Trinajstić information content (AvgIpc) is 2.92. The topological polar surface area (TPSA) is 40.5 Å². The number of hydrogen-bond acceptors (Lipinski definition) is 2. The van der Waals surface area contributed by atoms with Gasteiger partial charge in [-0.25, -0.2) is 4.39 Å². The van der Waals surface area contributed by atoms with Gasteiger partial charge in [-0.1, -0.05) is 25.5 Å². The molecule has 3 saturated carbocycles. The zero-order chi connectivity index (χ0) is 17.1. The molecule has 3 heteroatoms. The number of fused-ring (bicyclic) bond motifs is 5. The molecular formula is C21H31FO2. The van der Waals surface area contributed by atoms with Crippen molar-refractivity contribution in [2.45, 2.75) is 71.3 Å². The van der Waals surface area contributed by atoms with Gasteiger partial charge in [0, 0.05) is 0 Å². The summed E-state index contributed by atoms with van der Waals surface area (Å²) in [5.41, 5.74) is 2.59. The third-order valence-corrected chi connectivity index (χ3v) is 8.33. The number of hydrogen-bond donors (Lipinski definition) is 2. The average molecular weight is 334 g/mol. The Morgan fingerprint density at radius 3 is 2.62 bits per heavy atom. The summed E-state index contributed by atoms with van der Waals surface area (Å²) in [6.07, 6.45) is 10.3. The molecule has 6 atom stereocenters. The van der Waals surface area contributed by atoms with Crippen LogP contribution in [0.25, 0.3) is 0 Å². The molecule has 0 aromatic rings. The van der Waals surface area contributed by atoms with Gasteiger partial charge in [-0.15, -0.1) is 0 Å². The van der Waals surface area contributed by atoms with Crippen molar-refractivity contribution in [2.75, 3.05) is 6.61 Å². The summed E-state index contributed by atoms with van der Waals surface area (Å²) < 4.78 is 14.3. The quantitative estimate of drug-likeness (QED) is 0.692. The third kappa shape index (κ3) is 2.20. The van der Waals surface area contributed by atoms with Gasteiger partial charge >= 0.3 is 0 Å². The molecular weight excluding hydrogens is 303 g/mol. The summed E-state index contributed by atoms with van der Waals surface area (Å²) in [5.74, 6) is 1.60. The van der Waals surface area contributed by atoms with Crippen LogP contribution in [0.15, 0.2) is 23.0 Å². The first-order valence-corrected chi connectivity index (χ1v) is 9.76. The molecule has 4 aliphatic rings. The molecule has 0 radical (unpaired) electrons. The van der Waals surface area contributed by atoms with E-state index in [1.807, 2.05) is 0 Å². The van der Waals surface area contributed by atoms with E-state index in [2.05, 4.69) is 19.9 Å². The molecule has 0 amide bonds. The Hall–Kier alpha value is -0.670. The number of aliphatic hydroxyl groups is 2. The van der Waals surface area contributed by atoms with Crippen LogP contribution in [0.5, 0.6) is 0 Å². The summed E-state index contributed by atoms with van der Waals surface area (Å²) in [6, 6.07) is 0. The number of aliphatic hydroxyl groups excluding tert-OH is 2. The van der Waals surface area contributed by atoms with Crippen LogP contribution in [0.1, 0.15) is 65.2 Å². The summed E-state index contributed by atoms with van der Waals surface area (Å²) in [7, 11) is 0. The Balaban J connectivity index is 1.68. The van der Waals surface area contributed by atoms with Gasteiger partial charge in [0.25, 0.3) is 0 Å². The minimum Gasteiger partial charge on any atom is -0.393 e. The minimum absolute atomic E-state index is 0.0517. The molecule has 3 fully saturated rings. The monoisotopic (exact) mass is 334 g/mol. The molecule has 0 aliphatic heterocycles. The number of rotatable bonds is 1. The second-order valence-electron chi connectivity index (χ2n) is 9.19. The van der Waals surface area contributed by atoms with Crippen molar-refractivity contribution in [3.05, 3.63) is 23.0 Å². The van der Waals surface area contributed by atoms with E-state index in [-0.39, 0.29) is 22.8 Å². The van der Waals surface area contributed by atoms with E-state index in [1.165, 1.54) is 5.57 Å². The fraction of sp³-hybridized carbons (Fsp3) is 0.810. The second kappa shape index (κ2) is 5.67. The van der Waals surface area contributed by atoms with Crippen molar-refractivity contribution in [1.29, 1.82) is 0 Å². The minimum atomic E-state index is -0.439. The molecule has 2 N–H and O–H groups in total. The Morgan fingerprint density at radius 2 is 1.88 bits per heavy atom. The predicted octanol–water partition coefficient (Wildman–Crippen LogP) is 4.53. The Morgan fingerprint density at radius 1 is 1.17 bits per heavy atom. The van der Waals surface area contributed by atoms with Gasteiger partial charge in [-0.05, 0) is 85.5 Å². The maximum absolute atomic E-state index is 14.3. The molecule has 0 spiro atoms. The van der Waals surface area contributed by atoms with Gasteiger partial charge in [-0.3, -0.25) is 0 Å². The van der Waals surface area contributed by atoms with Crippen molar-refractivity contribution in [3.8, 4) is 0 Å². The zero-order valence-electron chi connectivity index (χ0n) is 15.0. The van der Waals surface area contributed by atoms with Crippen LogP contribution in [-0.2, 0) is 0 Å². The first-order valence-electron chi connectivity index (χ1n) is 9.76. The smallest absolute Gasteiger partial charge is 0.125 e. The van der Waals surface area contributed by atoms with Crippen LogP contribution in [0.4, 0.5) is 4.39 Å². The summed E-state index contributed by atoms with van der Waals surface area (Å²) in [6.45, 7) is 4.23. The van der Waals surface area contributed by atoms with E-state index in [1.54, 1.807) is 0 Å². The lowest BCUT2D eigenvalue weighted by Crippen LogP contribution is -2.49. The van der Waals surface area contributed by atoms with Gasteiger partial charge in [0.05, 0.1) is 12.7 Å². The summed E-state index contributed by atoms with van der Waals surface area (Å²) in [4.78, 5) is 0. The van der Waals surface area contributed by atoms with Gasteiger partial charge < -0.3 is 10.2 Å². The van der Waals surface area contributed by atoms with Crippen molar-refractivity contribution in [1.82, 2.24) is 0 Å². The normalized spacial score (nSPS) is 49.8. The Kier molecular flexibility index (Phi) is 3.96. The van der Waals surface area contributed by atoms with Crippen molar-refractivity contribution in [3.63, 3.8) is 0 Å². The van der Waals surface area contributed by atoms with Crippen LogP contribution >= 0.6 is 0 Å². The van der Waals surface area contributed by atoms with E-state index >= 15 is 0 Å². The molecule has 0 heterocycles. The number of allylic oxidation sites excluding steroid dienone is 2. The fourth-order valence-electron chi connectivity index (χ4n) is 7.00. The van der Waals surface area contributed by atoms with E-state index in [0.717, 1.165) is 56.9 Å². The second-order valence-corrected chi connectivity index (χ2v) is 9.19. The molecule has 134 valence electrons. The van der Waals surface area contributed by atoms with E-state index in [9.17, 15) is 14.6 Å². The van der Waals surface area contributed by atoms with Crippen LogP contribution in [0.2, 0.25) is 0 Å². The first kappa shape index (κ1) is 16.8. The highest BCUT2D eigenvalue weighted by atomic mass is 19.1. The SMILES string of the molecule is C[C@]12CC[C@H](O)CC1=CCC1C2CC[C@]2(C)/C(=C(\F)CO)CCC12. The number of halogens is 1. The lowest BCUT2D eigenvalue weighted by molar-refractivity contribution is -0.0274. The molecule has 0 saturated heterocycles. The van der Waals surface area contributed by atoms with E-state index in [4.69, 9.17) is 0 Å². The van der Waals surface area contributed by atoms with Gasteiger partial charge in [0.1, 0.15) is 5.83 Å². The van der Waals surface area contributed by atoms with Crippen LogP contribution in [0, 0.1) is 28.6 Å². The third-order valence-electron chi connectivity index (χ3n) is 8.33. The maximum Gasteiger partial charge on any atom is 0.125 e. The molecule has 4 aliphatic carbocycles. The Bertz CT molecular complexity index is 595. The maximum atomic E-state index is 14.3. The molecule has 0 aromatic heterocycles. The van der Waals surface area contributed by atoms with Crippen molar-refractivity contribution >= 4 is 0 Å². The standard InChI is InChI=1S/C21H31FO2/c1-20-9-7-14(24)11-13(20)3-4-15-16-5-6-18(19(22)12-23)21(16,2)10-8-17(15)20/h3,14-17,23-24H,4-12H2,1-2H3/b19-18-/t14-,15?,16?,17?,20-,21-/m0/s1. The molecule has 0 bridgehead atoms. The van der Waals surface area contributed by atoms with Gasteiger partial charge in [-0.2, -0.15) is 0 Å². The first-order chi connectivity index (χ1) is 11.4. The molecule has 3 unspecified atom stereocenters. The lowest BCUT2D eigenvalue weighted by atomic mass is 9.48.